The molecule has 2 N–H and O–H groups in total. The summed E-state index contributed by atoms with van der Waals surface area (Å²) in [6.07, 6.45) is 2.91. The van der Waals surface area contributed by atoms with Gasteiger partial charge in [0.05, 0.1) is 12.3 Å². The Hall–Kier alpha value is -1.36. The Balaban J connectivity index is 2.53. The molecule has 0 saturated carbocycles. The van der Waals surface area contributed by atoms with Gasteiger partial charge in [0.15, 0.2) is 5.13 Å². The van der Waals surface area contributed by atoms with E-state index in [9.17, 15) is 4.79 Å². The second-order valence-electron chi connectivity index (χ2n) is 2.20. The Bertz CT molecular complexity index is 320. The summed E-state index contributed by atoms with van der Waals surface area (Å²) in [5.41, 5.74) is 6.08. The van der Waals surface area contributed by atoms with E-state index in [1.165, 1.54) is 17.4 Å². The molecule has 0 aliphatic rings. The molecule has 1 rings (SSSR count). The number of hydrogen-bond acceptors (Lipinski definition) is 5. The van der Waals surface area contributed by atoms with Gasteiger partial charge in [0.25, 0.3) is 0 Å². The number of hydrogen-bond donors (Lipinski definition) is 1. The second kappa shape index (κ2) is 4.61. The lowest BCUT2D eigenvalue weighted by atomic mass is 10.4. The zero-order valence-corrected chi connectivity index (χ0v) is 8.00. The number of aromatic nitrogens is 1. The Morgan fingerprint density at radius 3 is 3.15 bits per heavy atom. The topological polar surface area (TPSA) is 65.2 Å². The lowest BCUT2D eigenvalue weighted by Gasteiger charge is -1.92. The molecule has 5 heteroatoms. The minimum Gasteiger partial charge on any atom is -0.463 e. The number of carbonyl (C=O) groups excluding carboxylic acids is 1. The van der Waals surface area contributed by atoms with Gasteiger partial charge in [-0.3, -0.25) is 0 Å². The van der Waals surface area contributed by atoms with Gasteiger partial charge in [-0.05, 0) is 13.0 Å². The average Bonchev–Trinajstić information content (AvgIpc) is 2.49. The van der Waals surface area contributed by atoms with Crippen LogP contribution in [0.25, 0.3) is 6.08 Å². The van der Waals surface area contributed by atoms with Crippen molar-refractivity contribution < 1.29 is 9.53 Å². The molecule has 0 atom stereocenters. The average molecular weight is 198 g/mol. The number of carbonyl (C=O) groups is 1. The van der Waals surface area contributed by atoms with Crippen molar-refractivity contribution in [2.24, 2.45) is 0 Å². The Kier molecular flexibility index (Phi) is 3.45. The first-order valence-electron chi connectivity index (χ1n) is 3.78. The molecule has 0 aliphatic carbocycles. The van der Waals surface area contributed by atoms with Crippen LogP contribution in [0.1, 0.15) is 12.6 Å². The highest BCUT2D eigenvalue weighted by molar-refractivity contribution is 7.13. The van der Waals surface area contributed by atoms with E-state index in [1.54, 1.807) is 18.4 Å². The molecule has 0 aromatic carbocycles. The molecule has 0 saturated heterocycles. The Morgan fingerprint density at radius 2 is 2.62 bits per heavy atom. The minimum absolute atomic E-state index is 0.367. The molecule has 0 bridgehead atoms. The van der Waals surface area contributed by atoms with Gasteiger partial charge < -0.3 is 10.5 Å². The van der Waals surface area contributed by atoms with E-state index in [0.29, 0.717) is 17.4 Å². The van der Waals surface area contributed by atoms with E-state index in [4.69, 9.17) is 5.73 Å². The maximum atomic E-state index is 10.9. The van der Waals surface area contributed by atoms with Crippen molar-refractivity contribution in [3.8, 4) is 0 Å². The van der Waals surface area contributed by atoms with Gasteiger partial charge in [0, 0.05) is 11.5 Å². The summed E-state index contributed by atoms with van der Waals surface area (Å²) in [6, 6.07) is 0. The van der Waals surface area contributed by atoms with Crippen molar-refractivity contribution in [1.82, 2.24) is 4.98 Å². The van der Waals surface area contributed by atoms with Crippen molar-refractivity contribution in [2.45, 2.75) is 6.92 Å². The van der Waals surface area contributed by atoms with Gasteiger partial charge in [-0.25, -0.2) is 9.78 Å². The zero-order valence-electron chi connectivity index (χ0n) is 7.19. The summed E-state index contributed by atoms with van der Waals surface area (Å²) in [5, 5.41) is 2.26. The molecule has 1 aromatic rings. The number of ether oxygens (including phenoxy) is 1. The van der Waals surface area contributed by atoms with Crippen molar-refractivity contribution in [1.29, 1.82) is 0 Å². The van der Waals surface area contributed by atoms with Gasteiger partial charge in [0.2, 0.25) is 0 Å². The minimum atomic E-state index is -0.367. The summed E-state index contributed by atoms with van der Waals surface area (Å²) < 4.78 is 4.69. The van der Waals surface area contributed by atoms with Crippen molar-refractivity contribution >= 4 is 28.5 Å². The van der Waals surface area contributed by atoms with Gasteiger partial charge in [-0.15, -0.1) is 11.3 Å². The van der Waals surface area contributed by atoms with Crippen LogP contribution in [-0.4, -0.2) is 17.6 Å². The normalized spacial score (nSPS) is 10.5. The first-order valence-corrected chi connectivity index (χ1v) is 4.66. The summed E-state index contributed by atoms with van der Waals surface area (Å²) >= 11 is 1.33. The van der Waals surface area contributed by atoms with Gasteiger partial charge in [-0.2, -0.15) is 0 Å². The molecular formula is C8H10N2O2S. The molecular weight excluding hydrogens is 188 g/mol. The van der Waals surface area contributed by atoms with Crippen molar-refractivity contribution in [3.63, 3.8) is 0 Å². The van der Waals surface area contributed by atoms with E-state index >= 15 is 0 Å². The molecule has 0 amide bonds. The number of anilines is 1. The molecule has 0 unspecified atom stereocenters. The molecule has 1 aromatic heterocycles. The quantitative estimate of drug-likeness (QED) is 0.587. The van der Waals surface area contributed by atoms with Gasteiger partial charge in [0.1, 0.15) is 0 Å². The third-order valence-corrected chi connectivity index (χ3v) is 1.91. The van der Waals surface area contributed by atoms with E-state index in [0.717, 1.165) is 0 Å². The molecule has 4 nitrogen and oxygen atoms in total. The summed E-state index contributed by atoms with van der Waals surface area (Å²) in [6.45, 7) is 2.13. The number of nitrogens with zero attached hydrogens (tertiary/aromatic N) is 1. The molecule has 70 valence electrons. The lowest BCUT2D eigenvalue weighted by molar-refractivity contribution is -0.137. The molecule has 0 fully saturated rings. The standard InChI is InChI=1S/C8H10N2O2S/c1-2-12-7(11)4-3-6-5-13-8(9)10-6/h3-5H,2H2,1H3,(H2,9,10)/b4-3+. The van der Waals surface area contributed by atoms with Crippen LogP contribution in [-0.2, 0) is 9.53 Å². The van der Waals surface area contributed by atoms with Gasteiger partial charge in [-0.1, -0.05) is 0 Å². The van der Waals surface area contributed by atoms with Crippen LogP contribution in [0.5, 0.6) is 0 Å². The maximum Gasteiger partial charge on any atom is 0.330 e. The highest BCUT2D eigenvalue weighted by Crippen LogP contribution is 2.11. The fourth-order valence-electron chi connectivity index (χ4n) is 0.721. The van der Waals surface area contributed by atoms with Crippen LogP contribution in [0.15, 0.2) is 11.5 Å². The summed E-state index contributed by atoms with van der Waals surface area (Å²) in [4.78, 5) is 14.8. The zero-order chi connectivity index (χ0) is 9.68. The fourth-order valence-corrected chi connectivity index (χ4v) is 1.25. The predicted molar refractivity (Wildman–Crippen MR) is 52.2 cm³/mol. The molecule has 0 spiro atoms. The third kappa shape index (κ3) is 3.25. The third-order valence-electron chi connectivity index (χ3n) is 1.22. The first-order chi connectivity index (χ1) is 6.22. The van der Waals surface area contributed by atoms with Crippen LogP contribution in [0.3, 0.4) is 0 Å². The van der Waals surface area contributed by atoms with Crippen LogP contribution >= 0.6 is 11.3 Å². The number of esters is 1. The molecule has 13 heavy (non-hydrogen) atoms. The molecule has 1 heterocycles. The number of rotatable bonds is 3. The van der Waals surface area contributed by atoms with E-state index in [1.807, 2.05) is 0 Å². The maximum absolute atomic E-state index is 10.9. The van der Waals surface area contributed by atoms with Crippen LogP contribution in [0, 0.1) is 0 Å². The second-order valence-corrected chi connectivity index (χ2v) is 3.09. The number of nitrogen functional groups attached to an aromatic ring is 1. The molecule has 0 aliphatic heterocycles. The van der Waals surface area contributed by atoms with Gasteiger partial charge >= 0.3 is 5.97 Å². The Labute approximate surface area is 80.0 Å². The fraction of sp³-hybridized carbons (Fsp3) is 0.250. The number of nitrogens with two attached hydrogens (primary N) is 1. The van der Waals surface area contributed by atoms with Crippen LogP contribution in [0.4, 0.5) is 5.13 Å². The highest BCUT2D eigenvalue weighted by Gasteiger charge is 1.96. The first kappa shape index (κ1) is 9.73. The van der Waals surface area contributed by atoms with E-state index in [-0.39, 0.29) is 5.97 Å². The predicted octanol–water partition coefficient (Wildman–Crippen LogP) is 1.30. The van der Waals surface area contributed by atoms with Crippen molar-refractivity contribution in [3.05, 3.63) is 17.2 Å². The lowest BCUT2D eigenvalue weighted by Crippen LogP contribution is -1.98. The number of thiazole rings is 1. The molecule has 0 radical (unpaired) electrons. The summed E-state index contributed by atoms with van der Waals surface area (Å²) in [5.74, 6) is -0.367. The van der Waals surface area contributed by atoms with Crippen LogP contribution < -0.4 is 5.73 Å². The van der Waals surface area contributed by atoms with E-state index < -0.39 is 0 Å². The summed E-state index contributed by atoms with van der Waals surface area (Å²) in [7, 11) is 0. The monoisotopic (exact) mass is 198 g/mol. The van der Waals surface area contributed by atoms with Crippen molar-refractivity contribution in [2.75, 3.05) is 12.3 Å². The smallest absolute Gasteiger partial charge is 0.330 e. The largest absolute Gasteiger partial charge is 0.463 e. The SMILES string of the molecule is CCOC(=O)/C=C/c1csc(N)n1. The van der Waals surface area contributed by atoms with E-state index in [2.05, 4.69) is 9.72 Å². The van der Waals surface area contributed by atoms with Crippen LogP contribution in [0.2, 0.25) is 0 Å². The highest BCUT2D eigenvalue weighted by atomic mass is 32.1. The Morgan fingerprint density at radius 1 is 1.85 bits per heavy atom.